The summed E-state index contributed by atoms with van der Waals surface area (Å²) < 4.78 is 16.3. The van der Waals surface area contributed by atoms with Crippen molar-refractivity contribution in [1.82, 2.24) is 0 Å². The van der Waals surface area contributed by atoms with Gasteiger partial charge in [0.15, 0.2) is 12.4 Å². The monoisotopic (exact) mass is 378 g/mol. The van der Waals surface area contributed by atoms with Gasteiger partial charge in [0.2, 0.25) is 0 Å². The normalized spacial score (nSPS) is 12.9. The van der Waals surface area contributed by atoms with Gasteiger partial charge in [0.1, 0.15) is 18.1 Å². The predicted molar refractivity (Wildman–Crippen MR) is 103 cm³/mol. The van der Waals surface area contributed by atoms with Crippen LogP contribution >= 0.6 is 0 Å². The molecule has 0 unspecified atom stereocenters. The molecule has 2 heterocycles. The van der Waals surface area contributed by atoms with E-state index < -0.39 is 0 Å². The molecule has 0 saturated heterocycles. The van der Waals surface area contributed by atoms with Crippen LogP contribution in [0.4, 0.5) is 11.4 Å². The van der Waals surface area contributed by atoms with Crippen LogP contribution in [0, 0.1) is 0 Å². The highest BCUT2D eigenvalue weighted by Crippen LogP contribution is 2.34. The number of carbonyl (C=O) groups excluding carboxylic acids is 2. The standard InChI is InChI=1S/C21H18N2O5/c24-20-14-28-19-13-15(22-21(25)18-7-4-11-27-18)8-9-17(19)23(20)10-12-26-16-5-2-1-3-6-16/h1-9,11,13H,10,12,14H2,(H,22,25). The van der Waals surface area contributed by atoms with Crippen molar-refractivity contribution in [2.75, 3.05) is 30.0 Å². The van der Waals surface area contributed by atoms with E-state index in [1.807, 2.05) is 30.3 Å². The van der Waals surface area contributed by atoms with E-state index in [0.717, 1.165) is 5.75 Å². The summed E-state index contributed by atoms with van der Waals surface area (Å²) in [6.07, 6.45) is 1.44. The van der Waals surface area contributed by atoms with Gasteiger partial charge in [-0.15, -0.1) is 0 Å². The third kappa shape index (κ3) is 3.83. The van der Waals surface area contributed by atoms with Crippen molar-refractivity contribution >= 4 is 23.2 Å². The summed E-state index contributed by atoms with van der Waals surface area (Å²) in [5.41, 5.74) is 1.19. The fraction of sp³-hybridized carbons (Fsp3) is 0.143. The van der Waals surface area contributed by atoms with Crippen molar-refractivity contribution in [3.05, 3.63) is 72.7 Å². The quantitative estimate of drug-likeness (QED) is 0.712. The Morgan fingerprint density at radius 3 is 2.75 bits per heavy atom. The van der Waals surface area contributed by atoms with Gasteiger partial charge in [-0.2, -0.15) is 0 Å². The maximum Gasteiger partial charge on any atom is 0.291 e. The Bertz CT molecular complexity index is 970. The van der Waals surface area contributed by atoms with Crippen LogP contribution in [-0.2, 0) is 4.79 Å². The van der Waals surface area contributed by atoms with Crippen molar-refractivity contribution < 1.29 is 23.5 Å². The van der Waals surface area contributed by atoms with Crippen molar-refractivity contribution in [3.63, 3.8) is 0 Å². The topological polar surface area (TPSA) is 81.0 Å². The van der Waals surface area contributed by atoms with Crippen LogP contribution < -0.4 is 19.7 Å². The van der Waals surface area contributed by atoms with Crippen LogP contribution in [0.1, 0.15) is 10.6 Å². The predicted octanol–water partition coefficient (Wildman–Crippen LogP) is 3.34. The fourth-order valence-corrected chi connectivity index (χ4v) is 2.90. The average Bonchev–Trinajstić information content (AvgIpc) is 3.25. The molecule has 1 aliphatic rings. The van der Waals surface area contributed by atoms with Crippen LogP contribution in [0.25, 0.3) is 0 Å². The Hall–Kier alpha value is -3.74. The van der Waals surface area contributed by atoms with Gasteiger partial charge >= 0.3 is 0 Å². The van der Waals surface area contributed by atoms with Gasteiger partial charge in [-0.05, 0) is 36.4 Å². The first-order valence-electron chi connectivity index (χ1n) is 8.80. The molecule has 0 atom stereocenters. The highest BCUT2D eigenvalue weighted by molar-refractivity contribution is 6.03. The Kier molecular flexibility index (Phi) is 4.97. The molecule has 0 radical (unpaired) electrons. The van der Waals surface area contributed by atoms with Gasteiger partial charge in [-0.1, -0.05) is 18.2 Å². The third-order valence-corrected chi connectivity index (χ3v) is 4.23. The first-order valence-corrected chi connectivity index (χ1v) is 8.80. The Labute approximate surface area is 161 Å². The molecule has 1 N–H and O–H groups in total. The number of para-hydroxylation sites is 1. The molecular formula is C21H18N2O5. The van der Waals surface area contributed by atoms with E-state index >= 15 is 0 Å². The van der Waals surface area contributed by atoms with Crippen molar-refractivity contribution in [2.45, 2.75) is 0 Å². The summed E-state index contributed by atoms with van der Waals surface area (Å²) >= 11 is 0. The second-order valence-electron chi connectivity index (χ2n) is 6.11. The van der Waals surface area contributed by atoms with E-state index in [-0.39, 0.29) is 24.2 Å². The van der Waals surface area contributed by atoms with Crippen LogP contribution in [0.3, 0.4) is 0 Å². The molecule has 7 nitrogen and oxygen atoms in total. The van der Waals surface area contributed by atoms with Gasteiger partial charge in [-0.25, -0.2) is 0 Å². The maximum atomic E-state index is 12.3. The molecule has 28 heavy (non-hydrogen) atoms. The van der Waals surface area contributed by atoms with E-state index in [2.05, 4.69) is 5.32 Å². The minimum atomic E-state index is -0.357. The Balaban J connectivity index is 1.44. The Morgan fingerprint density at radius 2 is 1.96 bits per heavy atom. The number of hydrogen-bond acceptors (Lipinski definition) is 5. The second-order valence-corrected chi connectivity index (χ2v) is 6.11. The summed E-state index contributed by atoms with van der Waals surface area (Å²) in [5, 5.41) is 2.74. The smallest absolute Gasteiger partial charge is 0.291 e. The summed E-state index contributed by atoms with van der Waals surface area (Å²) in [6.45, 7) is 0.683. The van der Waals surface area contributed by atoms with Crippen molar-refractivity contribution in [1.29, 1.82) is 0 Å². The van der Waals surface area contributed by atoms with E-state index in [1.54, 1.807) is 35.2 Å². The minimum Gasteiger partial charge on any atom is -0.492 e. The molecule has 4 rings (SSSR count). The zero-order valence-electron chi connectivity index (χ0n) is 15.0. The van der Waals surface area contributed by atoms with Gasteiger partial charge in [0, 0.05) is 11.8 Å². The molecule has 0 spiro atoms. The number of anilines is 2. The lowest BCUT2D eigenvalue weighted by molar-refractivity contribution is -0.121. The van der Waals surface area contributed by atoms with Crippen molar-refractivity contribution in [3.8, 4) is 11.5 Å². The molecule has 0 fully saturated rings. The highest BCUT2D eigenvalue weighted by Gasteiger charge is 2.26. The average molecular weight is 378 g/mol. The van der Waals surface area contributed by atoms with Crippen LogP contribution in [0.15, 0.2) is 71.3 Å². The van der Waals surface area contributed by atoms with Crippen LogP contribution in [0.5, 0.6) is 11.5 Å². The number of furan rings is 1. The molecule has 1 aliphatic heterocycles. The zero-order chi connectivity index (χ0) is 19.3. The molecule has 0 aliphatic carbocycles. The lowest BCUT2D eigenvalue weighted by Crippen LogP contribution is -2.41. The minimum absolute atomic E-state index is 0.0616. The van der Waals surface area contributed by atoms with Gasteiger partial charge < -0.3 is 24.1 Å². The molecule has 0 saturated carbocycles. The summed E-state index contributed by atoms with van der Waals surface area (Å²) in [6, 6.07) is 17.8. The number of nitrogens with one attached hydrogen (secondary N) is 1. The molecule has 0 bridgehead atoms. The van der Waals surface area contributed by atoms with Crippen LogP contribution in [-0.4, -0.2) is 31.6 Å². The summed E-state index contributed by atoms with van der Waals surface area (Å²) in [5.74, 6) is 0.992. The molecule has 2 amide bonds. The number of benzene rings is 2. The maximum absolute atomic E-state index is 12.3. The number of fused-ring (bicyclic) bond motifs is 1. The number of nitrogens with zero attached hydrogens (tertiary/aromatic N) is 1. The SMILES string of the molecule is O=C(Nc1ccc2c(c1)OCC(=O)N2CCOc1ccccc1)c1ccco1. The molecule has 3 aromatic rings. The summed E-state index contributed by atoms with van der Waals surface area (Å²) in [4.78, 5) is 26.0. The number of amides is 2. The van der Waals surface area contributed by atoms with Crippen molar-refractivity contribution in [2.24, 2.45) is 0 Å². The molecule has 2 aromatic carbocycles. The van der Waals surface area contributed by atoms with Crippen LogP contribution in [0.2, 0.25) is 0 Å². The molecule has 142 valence electrons. The molecule has 1 aromatic heterocycles. The van der Waals surface area contributed by atoms with E-state index in [4.69, 9.17) is 13.9 Å². The number of hydrogen-bond donors (Lipinski definition) is 1. The summed E-state index contributed by atoms with van der Waals surface area (Å²) in [7, 11) is 0. The van der Waals surface area contributed by atoms with E-state index in [1.165, 1.54) is 6.26 Å². The fourth-order valence-electron chi connectivity index (χ4n) is 2.90. The Morgan fingerprint density at radius 1 is 1.11 bits per heavy atom. The van der Waals surface area contributed by atoms with Gasteiger partial charge in [-0.3, -0.25) is 9.59 Å². The lowest BCUT2D eigenvalue weighted by Gasteiger charge is -2.29. The third-order valence-electron chi connectivity index (χ3n) is 4.23. The largest absolute Gasteiger partial charge is 0.492 e. The van der Waals surface area contributed by atoms with E-state index in [9.17, 15) is 9.59 Å². The lowest BCUT2D eigenvalue weighted by atomic mass is 10.2. The van der Waals surface area contributed by atoms with Gasteiger partial charge in [0.25, 0.3) is 11.8 Å². The second kappa shape index (κ2) is 7.87. The first kappa shape index (κ1) is 17.7. The first-order chi connectivity index (χ1) is 13.7. The number of rotatable bonds is 6. The molecule has 7 heteroatoms. The molecular weight excluding hydrogens is 360 g/mol. The number of carbonyl (C=O) groups is 2. The van der Waals surface area contributed by atoms with E-state index in [0.29, 0.717) is 30.3 Å². The zero-order valence-corrected chi connectivity index (χ0v) is 15.0. The number of ether oxygens (including phenoxy) is 2. The highest BCUT2D eigenvalue weighted by atomic mass is 16.5. The van der Waals surface area contributed by atoms with Gasteiger partial charge in [0.05, 0.1) is 18.5 Å².